The zero-order valence-electron chi connectivity index (χ0n) is 15.2. The van der Waals surface area contributed by atoms with E-state index in [4.69, 9.17) is 16.0 Å². The van der Waals surface area contributed by atoms with Gasteiger partial charge in [-0.3, -0.25) is 9.69 Å². The van der Waals surface area contributed by atoms with E-state index >= 15 is 0 Å². The minimum Gasteiger partial charge on any atom is -0.438 e. The highest BCUT2D eigenvalue weighted by atomic mass is 35.5. The molecule has 1 unspecified atom stereocenters. The number of carbonyl (C=O) groups is 1. The Morgan fingerprint density at radius 3 is 2.64 bits per heavy atom. The highest BCUT2D eigenvalue weighted by Crippen LogP contribution is 2.32. The van der Waals surface area contributed by atoms with Gasteiger partial charge in [0.1, 0.15) is 5.82 Å². The quantitative estimate of drug-likeness (QED) is 0.705. The molecule has 1 aliphatic heterocycles. The summed E-state index contributed by atoms with van der Waals surface area (Å²) in [7, 11) is -2.53. The number of benzene rings is 1. The van der Waals surface area contributed by atoms with Crippen molar-refractivity contribution in [3.8, 4) is 0 Å². The van der Waals surface area contributed by atoms with Crippen LogP contribution in [-0.2, 0) is 10.0 Å². The standard InChI is InChI=1S/C18H21ClFN3O4S/c1-21-28(25,26)16-8-7-15(27-16)18(24)22-11-14(23-9-2-3-10-23)17-12(19)5-4-6-13(17)20/h4-8,14,21H,2-3,9-11H2,1H3,(H,22,24). The fourth-order valence-electron chi connectivity index (χ4n) is 3.26. The summed E-state index contributed by atoms with van der Waals surface area (Å²) in [4.78, 5) is 14.5. The Bertz CT molecular complexity index is 937. The second kappa shape index (κ2) is 8.60. The lowest BCUT2D eigenvalue weighted by Gasteiger charge is -2.29. The third-order valence-electron chi connectivity index (χ3n) is 4.71. The van der Waals surface area contributed by atoms with E-state index in [0.29, 0.717) is 10.6 Å². The molecule has 1 aliphatic rings. The highest BCUT2D eigenvalue weighted by Gasteiger charge is 2.29. The lowest BCUT2D eigenvalue weighted by Crippen LogP contribution is -2.37. The number of rotatable bonds is 7. The SMILES string of the molecule is CNS(=O)(=O)c1ccc(C(=O)NCC(c2c(F)cccc2Cl)N2CCCC2)o1. The molecule has 0 spiro atoms. The van der Waals surface area contributed by atoms with Crippen LogP contribution < -0.4 is 10.0 Å². The lowest BCUT2D eigenvalue weighted by atomic mass is 10.0. The molecule has 2 N–H and O–H groups in total. The average molecular weight is 430 g/mol. The van der Waals surface area contributed by atoms with E-state index in [0.717, 1.165) is 25.9 Å². The number of hydrogen-bond donors (Lipinski definition) is 2. The molecule has 0 bridgehead atoms. The van der Waals surface area contributed by atoms with Gasteiger partial charge in [0.05, 0.1) is 6.04 Å². The van der Waals surface area contributed by atoms with E-state index < -0.39 is 27.8 Å². The Morgan fingerprint density at radius 2 is 2.00 bits per heavy atom. The van der Waals surface area contributed by atoms with Crippen LogP contribution in [0.4, 0.5) is 4.39 Å². The second-order valence-corrected chi connectivity index (χ2v) is 8.66. The molecule has 152 valence electrons. The minimum absolute atomic E-state index is 0.105. The molecule has 1 fully saturated rings. The van der Waals surface area contributed by atoms with Gasteiger partial charge in [-0.15, -0.1) is 0 Å². The van der Waals surface area contributed by atoms with Crippen LogP contribution in [0.2, 0.25) is 5.02 Å². The van der Waals surface area contributed by atoms with Crippen LogP contribution in [-0.4, -0.2) is 45.9 Å². The summed E-state index contributed by atoms with van der Waals surface area (Å²) < 4.78 is 45.2. The van der Waals surface area contributed by atoms with Gasteiger partial charge in [-0.2, -0.15) is 0 Å². The number of carbonyl (C=O) groups excluding carboxylic acids is 1. The van der Waals surface area contributed by atoms with E-state index in [1.54, 1.807) is 6.07 Å². The van der Waals surface area contributed by atoms with Crippen molar-refractivity contribution in [1.29, 1.82) is 0 Å². The third kappa shape index (κ3) is 4.38. The van der Waals surface area contributed by atoms with E-state index in [-0.39, 0.29) is 17.4 Å². The normalized spacial score (nSPS) is 16.2. The van der Waals surface area contributed by atoms with Gasteiger partial charge in [-0.25, -0.2) is 17.5 Å². The van der Waals surface area contributed by atoms with Crippen molar-refractivity contribution < 1.29 is 22.0 Å². The largest absolute Gasteiger partial charge is 0.438 e. The molecule has 1 aromatic carbocycles. The smallest absolute Gasteiger partial charge is 0.287 e. The maximum Gasteiger partial charge on any atom is 0.287 e. The first-order valence-electron chi connectivity index (χ1n) is 8.83. The Balaban J connectivity index is 1.78. The first-order chi connectivity index (χ1) is 13.3. The van der Waals surface area contributed by atoms with Gasteiger partial charge in [-0.05, 0) is 57.2 Å². The number of sulfonamides is 1. The van der Waals surface area contributed by atoms with Crippen molar-refractivity contribution in [1.82, 2.24) is 14.9 Å². The fraction of sp³-hybridized carbons (Fsp3) is 0.389. The molecular formula is C18H21ClFN3O4S. The van der Waals surface area contributed by atoms with Crippen molar-refractivity contribution in [3.05, 3.63) is 52.5 Å². The molecule has 10 heteroatoms. The Kier molecular flexibility index (Phi) is 6.39. The summed E-state index contributed by atoms with van der Waals surface area (Å²) in [5, 5.41) is 2.64. The van der Waals surface area contributed by atoms with Crippen LogP contribution in [0.5, 0.6) is 0 Å². The first kappa shape index (κ1) is 20.8. The summed E-state index contributed by atoms with van der Waals surface area (Å²) >= 11 is 6.23. The lowest BCUT2D eigenvalue weighted by molar-refractivity contribution is 0.0904. The topological polar surface area (TPSA) is 91.6 Å². The average Bonchev–Trinajstić information content (AvgIpc) is 3.36. The summed E-state index contributed by atoms with van der Waals surface area (Å²) in [5.74, 6) is -1.16. The maximum atomic E-state index is 14.5. The van der Waals surface area contributed by atoms with E-state index in [1.807, 2.05) is 0 Å². The molecule has 3 rings (SSSR count). The van der Waals surface area contributed by atoms with Gasteiger partial charge in [-0.1, -0.05) is 17.7 Å². The number of amides is 1. The van der Waals surface area contributed by atoms with Gasteiger partial charge >= 0.3 is 0 Å². The minimum atomic E-state index is -3.78. The molecule has 7 nitrogen and oxygen atoms in total. The fourth-order valence-corrected chi connectivity index (χ4v) is 4.20. The summed E-state index contributed by atoms with van der Waals surface area (Å²) in [6.07, 6.45) is 1.97. The molecule has 0 aliphatic carbocycles. The van der Waals surface area contributed by atoms with Gasteiger partial charge in [0.15, 0.2) is 5.76 Å². The number of likely N-dealkylation sites (tertiary alicyclic amines) is 1. The maximum absolute atomic E-state index is 14.5. The van der Waals surface area contributed by atoms with Crippen molar-refractivity contribution in [2.24, 2.45) is 0 Å². The number of nitrogens with zero attached hydrogens (tertiary/aromatic N) is 1. The van der Waals surface area contributed by atoms with Crippen LogP contribution in [0.15, 0.2) is 39.8 Å². The molecule has 0 saturated carbocycles. The van der Waals surface area contributed by atoms with Crippen molar-refractivity contribution in [2.45, 2.75) is 24.0 Å². The number of hydrogen-bond acceptors (Lipinski definition) is 5. The van der Waals surface area contributed by atoms with Crippen LogP contribution in [0.1, 0.15) is 35.0 Å². The molecule has 2 heterocycles. The molecule has 1 atom stereocenters. The zero-order valence-corrected chi connectivity index (χ0v) is 16.8. The van der Waals surface area contributed by atoms with Crippen molar-refractivity contribution >= 4 is 27.5 Å². The van der Waals surface area contributed by atoms with Gasteiger partial charge < -0.3 is 9.73 Å². The molecule has 0 radical (unpaired) electrons. The Labute approximate surface area is 167 Å². The van der Waals surface area contributed by atoms with Gasteiger partial charge in [0.25, 0.3) is 15.9 Å². The predicted octanol–water partition coefficient (Wildman–Crippen LogP) is 2.55. The molecule has 28 heavy (non-hydrogen) atoms. The Hall–Kier alpha value is -1.94. The molecule has 1 saturated heterocycles. The number of halogens is 2. The predicted molar refractivity (Wildman–Crippen MR) is 102 cm³/mol. The van der Waals surface area contributed by atoms with Crippen molar-refractivity contribution in [3.63, 3.8) is 0 Å². The first-order valence-corrected chi connectivity index (χ1v) is 10.7. The highest BCUT2D eigenvalue weighted by molar-refractivity contribution is 7.89. The summed E-state index contributed by atoms with van der Waals surface area (Å²) in [5.41, 5.74) is 0.337. The zero-order chi connectivity index (χ0) is 20.3. The second-order valence-electron chi connectivity index (χ2n) is 6.43. The molecule has 1 amide bonds. The van der Waals surface area contributed by atoms with Crippen LogP contribution >= 0.6 is 11.6 Å². The Morgan fingerprint density at radius 1 is 1.29 bits per heavy atom. The third-order valence-corrected chi connectivity index (χ3v) is 6.33. The van der Waals surface area contributed by atoms with Crippen LogP contribution in [0.25, 0.3) is 0 Å². The molecule has 2 aromatic rings. The van der Waals surface area contributed by atoms with Crippen molar-refractivity contribution in [2.75, 3.05) is 26.7 Å². The van der Waals surface area contributed by atoms with Crippen LogP contribution in [0.3, 0.4) is 0 Å². The number of furan rings is 1. The van der Waals surface area contributed by atoms with Gasteiger partial charge in [0.2, 0.25) is 5.09 Å². The van der Waals surface area contributed by atoms with E-state index in [1.165, 1.54) is 31.3 Å². The monoisotopic (exact) mass is 429 g/mol. The van der Waals surface area contributed by atoms with Crippen LogP contribution in [0, 0.1) is 5.82 Å². The van der Waals surface area contributed by atoms with Gasteiger partial charge in [0, 0.05) is 17.1 Å². The summed E-state index contributed by atoms with van der Waals surface area (Å²) in [6, 6.07) is 6.54. The summed E-state index contributed by atoms with van der Waals surface area (Å²) in [6.45, 7) is 1.65. The number of nitrogens with one attached hydrogen (secondary N) is 2. The molecule has 1 aromatic heterocycles. The van der Waals surface area contributed by atoms with E-state index in [2.05, 4.69) is 14.9 Å². The van der Waals surface area contributed by atoms with E-state index in [9.17, 15) is 17.6 Å². The molecular weight excluding hydrogens is 409 g/mol.